The van der Waals surface area contributed by atoms with Crippen LogP contribution >= 0.6 is 11.6 Å². The largest absolute Gasteiger partial charge is 0.497 e. The second-order valence-electron chi connectivity index (χ2n) is 7.82. The summed E-state index contributed by atoms with van der Waals surface area (Å²) in [7, 11) is 1.37. The predicted molar refractivity (Wildman–Crippen MR) is 121 cm³/mol. The monoisotopic (exact) mass is 499 g/mol. The van der Waals surface area contributed by atoms with Crippen LogP contribution in [0.2, 0.25) is 5.02 Å². The topological polar surface area (TPSA) is 96.1 Å². The van der Waals surface area contributed by atoms with Crippen LogP contribution in [0.25, 0.3) is 0 Å². The maximum atomic E-state index is 14.2. The highest BCUT2D eigenvalue weighted by atomic mass is 35.5. The molecule has 11 heteroatoms. The molecule has 1 atom stereocenters. The van der Waals surface area contributed by atoms with Crippen LogP contribution in [0, 0.1) is 0 Å². The van der Waals surface area contributed by atoms with Gasteiger partial charge in [0.15, 0.2) is 5.60 Å². The van der Waals surface area contributed by atoms with Crippen molar-refractivity contribution < 1.29 is 32.6 Å². The molecule has 0 saturated carbocycles. The maximum absolute atomic E-state index is 14.2. The highest BCUT2D eigenvalue weighted by molar-refractivity contribution is 6.32. The van der Waals surface area contributed by atoms with Gasteiger partial charge in [-0.05, 0) is 37.4 Å². The molecule has 1 aliphatic heterocycles. The van der Waals surface area contributed by atoms with Crippen LogP contribution in [0.4, 0.5) is 18.9 Å². The van der Waals surface area contributed by atoms with Crippen molar-refractivity contribution in [2.45, 2.75) is 25.6 Å². The number of halogens is 4. The summed E-state index contributed by atoms with van der Waals surface area (Å²) in [5.74, 6) is -1.81. The van der Waals surface area contributed by atoms with E-state index >= 15 is 0 Å². The number of hydrogen-bond donors (Lipinski definition) is 2. The summed E-state index contributed by atoms with van der Waals surface area (Å²) in [6.07, 6.45) is -5.00. The molecule has 3 N–H and O–H groups in total. The van der Waals surface area contributed by atoms with E-state index in [4.69, 9.17) is 22.1 Å². The van der Waals surface area contributed by atoms with Crippen LogP contribution < -0.4 is 15.4 Å². The molecule has 3 rings (SSSR count). The first-order valence-corrected chi connectivity index (χ1v) is 10.9. The molecule has 0 fully saturated rings. The molecule has 0 saturated heterocycles. The fourth-order valence-electron chi connectivity index (χ4n) is 4.17. The van der Waals surface area contributed by atoms with Gasteiger partial charge in [0.05, 0.1) is 23.4 Å². The van der Waals surface area contributed by atoms with Gasteiger partial charge in [-0.1, -0.05) is 31.5 Å². The lowest BCUT2D eigenvalue weighted by Crippen LogP contribution is -2.44. The Balaban J connectivity index is 2.32. The summed E-state index contributed by atoms with van der Waals surface area (Å²) < 4.78 is 47.6. The van der Waals surface area contributed by atoms with Crippen molar-refractivity contribution >= 4 is 29.1 Å². The predicted octanol–water partition coefficient (Wildman–Crippen LogP) is 3.39. The second kappa shape index (κ2) is 9.44. The van der Waals surface area contributed by atoms with Crippen molar-refractivity contribution in [2.75, 3.05) is 38.2 Å². The zero-order chi connectivity index (χ0) is 25.4. The summed E-state index contributed by atoms with van der Waals surface area (Å²) >= 11 is 6.30. The van der Waals surface area contributed by atoms with Crippen LogP contribution in [-0.4, -0.2) is 55.1 Å². The number of benzene rings is 2. The summed E-state index contributed by atoms with van der Waals surface area (Å²) in [5, 5.41) is 11.6. The first kappa shape index (κ1) is 25.8. The number of alkyl halides is 3. The molecule has 34 heavy (non-hydrogen) atoms. The first-order chi connectivity index (χ1) is 15.9. The van der Waals surface area contributed by atoms with E-state index in [-0.39, 0.29) is 22.8 Å². The molecule has 0 spiro atoms. The lowest BCUT2D eigenvalue weighted by molar-refractivity contribution is -0.142. The van der Waals surface area contributed by atoms with Gasteiger partial charge < -0.3 is 25.4 Å². The van der Waals surface area contributed by atoms with Gasteiger partial charge in [-0.3, -0.25) is 9.59 Å². The van der Waals surface area contributed by atoms with E-state index in [0.29, 0.717) is 31.5 Å². The quantitative estimate of drug-likeness (QED) is 0.580. The van der Waals surface area contributed by atoms with Gasteiger partial charge in [0, 0.05) is 29.8 Å². The van der Waals surface area contributed by atoms with E-state index in [9.17, 15) is 27.9 Å². The van der Waals surface area contributed by atoms with E-state index in [2.05, 4.69) is 0 Å². The van der Waals surface area contributed by atoms with Crippen molar-refractivity contribution in [1.29, 1.82) is 0 Å². The van der Waals surface area contributed by atoms with Gasteiger partial charge in [-0.2, -0.15) is 13.2 Å². The zero-order valence-electron chi connectivity index (χ0n) is 18.9. The fraction of sp³-hybridized carbons (Fsp3) is 0.391. The molecule has 0 aromatic heterocycles. The van der Waals surface area contributed by atoms with Crippen molar-refractivity contribution in [3.63, 3.8) is 0 Å². The van der Waals surface area contributed by atoms with Crippen LogP contribution in [0.15, 0.2) is 30.3 Å². The lowest BCUT2D eigenvalue weighted by atomic mass is 9.83. The maximum Gasteiger partial charge on any atom is 0.416 e. The standard InChI is InChI=1S/C23H25ClF3N3O4/c1-4-29(5-2)8-9-30-18-11-13(20(28)31)10-16(23(25,26)27)19(18)22(33,21(30)32)15-7-6-14(34-3)12-17(15)24/h6-7,10-12,33H,4-5,8-9H2,1-3H3,(H2,28,31). The molecule has 2 aromatic carbocycles. The van der Waals surface area contributed by atoms with Gasteiger partial charge in [0.1, 0.15) is 5.75 Å². The average Bonchev–Trinajstić information content (AvgIpc) is 3.00. The molecule has 1 aliphatic rings. The number of aliphatic hydroxyl groups is 1. The van der Waals surface area contributed by atoms with Gasteiger partial charge >= 0.3 is 6.18 Å². The SMILES string of the molecule is CCN(CC)CCN1C(=O)C(O)(c2ccc(OC)cc2Cl)c2c1cc(C(N)=O)cc2C(F)(F)F. The number of nitrogens with zero attached hydrogens (tertiary/aromatic N) is 2. The molecule has 184 valence electrons. The zero-order valence-corrected chi connectivity index (χ0v) is 19.6. The van der Waals surface area contributed by atoms with Crippen molar-refractivity contribution in [1.82, 2.24) is 4.90 Å². The van der Waals surface area contributed by atoms with E-state index in [1.165, 1.54) is 25.3 Å². The molecular formula is C23H25ClF3N3O4. The van der Waals surface area contributed by atoms with Crippen LogP contribution in [0.1, 0.15) is 40.9 Å². The molecule has 0 aliphatic carbocycles. The van der Waals surface area contributed by atoms with Gasteiger partial charge in [0.25, 0.3) is 5.91 Å². The van der Waals surface area contributed by atoms with Crippen LogP contribution in [0.3, 0.4) is 0 Å². The van der Waals surface area contributed by atoms with Crippen molar-refractivity contribution in [3.8, 4) is 5.75 Å². The third-order valence-corrected chi connectivity index (χ3v) is 6.33. The molecule has 7 nitrogen and oxygen atoms in total. The number of primary amides is 1. The van der Waals surface area contributed by atoms with E-state index in [0.717, 1.165) is 11.0 Å². The minimum Gasteiger partial charge on any atom is -0.497 e. The van der Waals surface area contributed by atoms with Gasteiger partial charge in [-0.15, -0.1) is 0 Å². The Kier molecular flexibility index (Phi) is 7.16. The van der Waals surface area contributed by atoms with Crippen molar-refractivity contribution in [2.24, 2.45) is 5.73 Å². The molecule has 0 bridgehead atoms. The Labute approximate surface area is 199 Å². The highest BCUT2D eigenvalue weighted by Crippen LogP contribution is 2.52. The number of rotatable bonds is 8. The molecule has 1 heterocycles. The third kappa shape index (κ3) is 4.33. The Hall–Kier alpha value is -2.82. The third-order valence-electron chi connectivity index (χ3n) is 6.02. The number of carbonyl (C=O) groups is 2. The van der Waals surface area contributed by atoms with Gasteiger partial charge in [-0.25, -0.2) is 0 Å². The molecule has 2 amide bonds. The van der Waals surface area contributed by atoms with Crippen LogP contribution in [-0.2, 0) is 16.6 Å². The van der Waals surface area contributed by atoms with E-state index in [1.807, 2.05) is 18.7 Å². The second-order valence-corrected chi connectivity index (χ2v) is 8.23. The molecule has 1 unspecified atom stereocenters. The minimum atomic E-state index is -5.00. The smallest absolute Gasteiger partial charge is 0.416 e. The number of amides is 2. The van der Waals surface area contributed by atoms with Gasteiger partial charge in [0.2, 0.25) is 5.91 Å². The fourth-order valence-corrected chi connectivity index (χ4v) is 4.47. The number of hydrogen-bond acceptors (Lipinski definition) is 5. The van der Waals surface area contributed by atoms with E-state index < -0.39 is 40.3 Å². The summed E-state index contributed by atoms with van der Waals surface area (Å²) in [6.45, 7) is 5.41. The molecular weight excluding hydrogens is 475 g/mol. The number of anilines is 1. The number of ether oxygens (including phenoxy) is 1. The normalized spacial score (nSPS) is 17.9. The first-order valence-electron chi connectivity index (χ1n) is 10.6. The summed E-state index contributed by atoms with van der Waals surface area (Å²) in [6, 6.07) is 5.58. The van der Waals surface area contributed by atoms with Crippen LogP contribution in [0.5, 0.6) is 5.75 Å². The Morgan fingerprint density at radius 1 is 1.24 bits per heavy atom. The summed E-state index contributed by atoms with van der Waals surface area (Å²) in [4.78, 5) is 28.5. The molecule has 0 radical (unpaired) electrons. The number of carbonyl (C=O) groups excluding carboxylic acids is 2. The lowest BCUT2D eigenvalue weighted by Gasteiger charge is -2.27. The number of nitrogens with two attached hydrogens (primary N) is 1. The molecule has 2 aromatic rings. The number of methoxy groups -OCH3 is 1. The highest BCUT2D eigenvalue weighted by Gasteiger charge is 2.56. The Bertz CT molecular complexity index is 1120. The number of fused-ring (bicyclic) bond motifs is 1. The Morgan fingerprint density at radius 2 is 1.88 bits per heavy atom. The van der Waals surface area contributed by atoms with Crippen molar-refractivity contribution in [3.05, 3.63) is 57.6 Å². The number of likely N-dealkylation sites (N-methyl/N-ethyl adjacent to an activating group) is 1. The Morgan fingerprint density at radius 3 is 2.38 bits per heavy atom. The average molecular weight is 500 g/mol. The summed E-state index contributed by atoms with van der Waals surface area (Å²) in [5.41, 5.74) is -0.403. The van der Waals surface area contributed by atoms with E-state index in [1.54, 1.807) is 0 Å². The minimum absolute atomic E-state index is 0.0247.